The van der Waals surface area contributed by atoms with Crippen LogP contribution in [0.15, 0.2) is 48.5 Å². The number of ether oxygens (including phenoxy) is 1. The van der Waals surface area contributed by atoms with Crippen LogP contribution in [0.2, 0.25) is 0 Å². The molecule has 146 valence electrons. The molecule has 0 saturated carbocycles. The first-order valence-electron chi connectivity index (χ1n) is 9.54. The molecule has 3 rings (SSSR count). The van der Waals surface area contributed by atoms with Crippen LogP contribution in [0.4, 0.5) is 5.69 Å². The van der Waals surface area contributed by atoms with Crippen LogP contribution in [-0.4, -0.2) is 27.3 Å². The summed E-state index contributed by atoms with van der Waals surface area (Å²) in [7, 11) is 0. The van der Waals surface area contributed by atoms with Gasteiger partial charge in [-0.05, 0) is 49.6 Å². The van der Waals surface area contributed by atoms with E-state index < -0.39 is 0 Å². The SMILES string of the molecule is CCOc1nc(-c2ccccc2C)n(-c2ccc(NC(=O)CC(C)C)cc2)n1. The summed E-state index contributed by atoms with van der Waals surface area (Å²) in [6.45, 7) is 8.50. The molecular weight excluding hydrogens is 352 g/mol. The van der Waals surface area contributed by atoms with E-state index in [1.54, 1.807) is 4.68 Å². The highest BCUT2D eigenvalue weighted by Gasteiger charge is 2.16. The number of aromatic nitrogens is 3. The van der Waals surface area contributed by atoms with Crippen LogP contribution in [-0.2, 0) is 4.79 Å². The molecule has 1 aromatic heterocycles. The Balaban J connectivity index is 1.92. The third-order valence-corrected chi connectivity index (χ3v) is 4.24. The highest BCUT2D eigenvalue weighted by molar-refractivity contribution is 5.90. The molecule has 0 bridgehead atoms. The van der Waals surface area contributed by atoms with Crippen LogP contribution in [0.5, 0.6) is 6.01 Å². The molecule has 0 aliphatic rings. The van der Waals surface area contributed by atoms with Gasteiger partial charge in [-0.25, -0.2) is 4.68 Å². The lowest BCUT2D eigenvalue weighted by Gasteiger charge is -2.10. The number of rotatable bonds is 7. The van der Waals surface area contributed by atoms with Gasteiger partial charge in [0.1, 0.15) is 0 Å². The number of nitrogens with zero attached hydrogens (tertiary/aromatic N) is 3. The molecule has 0 aliphatic heterocycles. The average Bonchev–Trinajstić information content (AvgIpc) is 3.06. The summed E-state index contributed by atoms with van der Waals surface area (Å²) in [5.74, 6) is 1.06. The quantitative estimate of drug-likeness (QED) is 0.651. The van der Waals surface area contributed by atoms with Crippen molar-refractivity contribution in [3.05, 3.63) is 54.1 Å². The van der Waals surface area contributed by atoms with Gasteiger partial charge < -0.3 is 10.1 Å². The van der Waals surface area contributed by atoms with Crippen molar-refractivity contribution < 1.29 is 9.53 Å². The van der Waals surface area contributed by atoms with E-state index in [2.05, 4.69) is 15.4 Å². The van der Waals surface area contributed by atoms with E-state index in [4.69, 9.17) is 4.74 Å². The first kappa shape index (κ1) is 19.6. The first-order chi connectivity index (χ1) is 13.5. The number of aryl methyl sites for hydroxylation is 1. The van der Waals surface area contributed by atoms with Crippen molar-refractivity contribution in [2.45, 2.75) is 34.1 Å². The van der Waals surface area contributed by atoms with E-state index in [0.29, 0.717) is 25.0 Å². The largest absolute Gasteiger partial charge is 0.463 e. The topological polar surface area (TPSA) is 69.0 Å². The first-order valence-corrected chi connectivity index (χ1v) is 9.54. The van der Waals surface area contributed by atoms with Crippen LogP contribution in [0, 0.1) is 12.8 Å². The molecule has 0 spiro atoms. The predicted octanol–water partition coefficient (Wildman–Crippen LogP) is 4.63. The van der Waals surface area contributed by atoms with E-state index in [9.17, 15) is 4.79 Å². The molecule has 3 aromatic rings. The molecule has 0 atom stereocenters. The molecule has 0 unspecified atom stereocenters. The van der Waals surface area contributed by atoms with E-state index in [0.717, 1.165) is 28.3 Å². The third-order valence-electron chi connectivity index (χ3n) is 4.24. The lowest BCUT2D eigenvalue weighted by molar-refractivity contribution is -0.116. The maximum Gasteiger partial charge on any atom is 0.336 e. The summed E-state index contributed by atoms with van der Waals surface area (Å²) >= 11 is 0. The second-order valence-electron chi connectivity index (χ2n) is 7.07. The van der Waals surface area contributed by atoms with Crippen molar-refractivity contribution in [1.29, 1.82) is 0 Å². The fourth-order valence-corrected chi connectivity index (χ4v) is 2.93. The zero-order valence-electron chi connectivity index (χ0n) is 16.8. The number of amides is 1. The smallest absolute Gasteiger partial charge is 0.336 e. The van der Waals surface area contributed by atoms with Crippen LogP contribution in [0.25, 0.3) is 17.1 Å². The molecule has 0 aliphatic carbocycles. The minimum atomic E-state index is 0.0164. The van der Waals surface area contributed by atoms with Crippen molar-refractivity contribution in [2.24, 2.45) is 5.92 Å². The number of carbonyl (C=O) groups is 1. The van der Waals surface area contributed by atoms with Crippen molar-refractivity contribution in [3.63, 3.8) is 0 Å². The molecule has 0 saturated heterocycles. The fraction of sp³-hybridized carbons (Fsp3) is 0.318. The van der Waals surface area contributed by atoms with Crippen LogP contribution >= 0.6 is 0 Å². The molecular formula is C22H26N4O2. The van der Waals surface area contributed by atoms with Crippen molar-refractivity contribution in [2.75, 3.05) is 11.9 Å². The van der Waals surface area contributed by atoms with E-state index in [1.165, 1.54) is 0 Å². The lowest BCUT2D eigenvalue weighted by atomic mass is 10.1. The molecule has 1 N–H and O–H groups in total. The maximum absolute atomic E-state index is 12.0. The maximum atomic E-state index is 12.0. The predicted molar refractivity (Wildman–Crippen MR) is 111 cm³/mol. The zero-order valence-corrected chi connectivity index (χ0v) is 16.8. The number of carbonyl (C=O) groups excluding carboxylic acids is 1. The minimum absolute atomic E-state index is 0.0164. The Hall–Kier alpha value is -3.15. The summed E-state index contributed by atoms with van der Waals surface area (Å²) in [6, 6.07) is 16.0. The second-order valence-corrected chi connectivity index (χ2v) is 7.07. The highest BCUT2D eigenvalue weighted by Crippen LogP contribution is 2.26. The van der Waals surface area contributed by atoms with E-state index in [-0.39, 0.29) is 5.91 Å². The standard InChI is InChI=1S/C22H26N4O2/c1-5-28-22-24-21(19-9-7-6-8-16(19)4)26(25-22)18-12-10-17(11-13-18)23-20(27)14-15(2)3/h6-13,15H,5,14H2,1-4H3,(H,23,27). The Labute approximate surface area is 165 Å². The Morgan fingerprint density at radius 3 is 2.50 bits per heavy atom. The molecule has 6 heteroatoms. The molecule has 1 heterocycles. The van der Waals surface area contributed by atoms with Crippen LogP contribution in [0.1, 0.15) is 32.8 Å². The van der Waals surface area contributed by atoms with E-state index in [1.807, 2.05) is 76.2 Å². The summed E-state index contributed by atoms with van der Waals surface area (Å²) < 4.78 is 7.29. The van der Waals surface area contributed by atoms with Gasteiger partial charge in [0.25, 0.3) is 0 Å². The number of benzene rings is 2. The average molecular weight is 378 g/mol. The van der Waals surface area contributed by atoms with Gasteiger partial charge in [0.05, 0.1) is 12.3 Å². The Kier molecular flexibility index (Phi) is 6.09. The second kappa shape index (κ2) is 8.69. The van der Waals surface area contributed by atoms with Crippen molar-refractivity contribution >= 4 is 11.6 Å². The monoisotopic (exact) mass is 378 g/mol. The van der Waals surface area contributed by atoms with Gasteiger partial charge in [0.2, 0.25) is 5.91 Å². The zero-order chi connectivity index (χ0) is 20.1. The van der Waals surface area contributed by atoms with Crippen molar-refractivity contribution in [1.82, 2.24) is 14.8 Å². The molecule has 0 fully saturated rings. The molecule has 0 radical (unpaired) electrons. The summed E-state index contributed by atoms with van der Waals surface area (Å²) in [4.78, 5) is 16.5. The van der Waals surface area contributed by atoms with Gasteiger partial charge in [-0.1, -0.05) is 38.1 Å². The summed E-state index contributed by atoms with van der Waals surface area (Å²) in [5.41, 5.74) is 3.71. The van der Waals surface area contributed by atoms with Crippen LogP contribution < -0.4 is 10.1 Å². The van der Waals surface area contributed by atoms with Gasteiger partial charge in [-0.2, -0.15) is 4.98 Å². The van der Waals surface area contributed by atoms with Gasteiger partial charge in [0, 0.05) is 17.7 Å². The Morgan fingerprint density at radius 1 is 1.14 bits per heavy atom. The number of nitrogens with one attached hydrogen (secondary N) is 1. The summed E-state index contributed by atoms with van der Waals surface area (Å²) in [5, 5.41) is 7.44. The van der Waals surface area contributed by atoms with Gasteiger partial charge in [-0.15, -0.1) is 5.10 Å². The molecule has 2 aromatic carbocycles. The third kappa shape index (κ3) is 4.57. The number of hydrogen-bond acceptors (Lipinski definition) is 4. The normalized spacial score (nSPS) is 10.9. The number of anilines is 1. The minimum Gasteiger partial charge on any atom is -0.463 e. The van der Waals surface area contributed by atoms with Crippen molar-refractivity contribution in [3.8, 4) is 23.1 Å². The van der Waals surface area contributed by atoms with Crippen LogP contribution in [0.3, 0.4) is 0 Å². The molecule has 28 heavy (non-hydrogen) atoms. The number of hydrogen-bond donors (Lipinski definition) is 1. The lowest BCUT2D eigenvalue weighted by Crippen LogP contribution is -2.13. The van der Waals surface area contributed by atoms with Gasteiger partial charge in [0.15, 0.2) is 5.82 Å². The molecule has 6 nitrogen and oxygen atoms in total. The van der Waals surface area contributed by atoms with Gasteiger partial charge >= 0.3 is 6.01 Å². The van der Waals surface area contributed by atoms with E-state index >= 15 is 0 Å². The fourth-order valence-electron chi connectivity index (χ4n) is 2.93. The van der Waals surface area contributed by atoms with Gasteiger partial charge in [-0.3, -0.25) is 4.79 Å². The Bertz CT molecular complexity index is 945. The molecule has 1 amide bonds. The highest BCUT2D eigenvalue weighted by atomic mass is 16.5. The Morgan fingerprint density at radius 2 is 1.86 bits per heavy atom. The summed E-state index contributed by atoms with van der Waals surface area (Å²) in [6.07, 6.45) is 0.500.